The summed E-state index contributed by atoms with van der Waals surface area (Å²) in [6.45, 7) is -0.450. The minimum atomic E-state index is -4.16. The number of nitrogens with one attached hydrogen (secondary N) is 3. The molecule has 0 aliphatic carbocycles. The number of amides is 1. The van der Waals surface area contributed by atoms with Crippen LogP contribution in [0, 0.1) is 5.41 Å². The van der Waals surface area contributed by atoms with Crippen LogP contribution in [0.4, 0.5) is 0 Å². The number of amidine groups is 1. The van der Waals surface area contributed by atoms with E-state index in [9.17, 15) is 23.1 Å². The topological polar surface area (TPSA) is 184 Å². The first-order valence-electron chi connectivity index (χ1n) is 11.3. The maximum Gasteiger partial charge on any atom is 0.323 e. The molecule has 0 saturated carbocycles. The normalized spacial score (nSPS) is 16.0. The number of nitrogens with two attached hydrogens (primary N) is 1. The van der Waals surface area contributed by atoms with E-state index in [-0.39, 0.29) is 17.2 Å². The molecule has 3 aromatic carbocycles. The summed E-state index contributed by atoms with van der Waals surface area (Å²) in [5.74, 6) is -1.99. The van der Waals surface area contributed by atoms with Crippen LogP contribution in [0.15, 0.2) is 76.8 Å². The van der Waals surface area contributed by atoms with Gasteiger partial charge in [0.1, 0.15) is 18.0 Å². The number of aliphatic carboxylic acids is 1. The molecule has 0 saturated heterocycles. The second kappa shape index (κ2) is 10.8. The Balaban J connectivity index is 1.31. The van der Waals surface area contributed by atoms with Gasteiger partial charge in [0.2, 0.25) is 15.9 Å². The van der Waals surface area contributed by atoms with Crippen LogP contribution in [-0.2, 0) is 24.4 Å². The highest BCUT2D eigenvalue weighted by atomic mass is 32.2. The minimum absolute atomic E-state index is 0.0510. The van der Waals surface area contributed by atoms with E-state index in [0.29, 0.717) is 23.1 Å². The van der Waals surface area contributed by atoms with Crippen LogP contribution in [0.3, 0.4) is 0 Å². The number of nitrogens with zero attached hydrogens (tertiary/aromatic N) is 1. The van der Waals surface area contributed by atoms with E-state index in [1.165, 1.54) is 12.1 Å². The number of carbonyl (C=O) groups is 2. The quantitative estimate of drug-likeness (QED) is 0.197. The van der Waals surface area contributed by atoms with E-state index in [1.54, 1.807) is 42.5 Å². The lowest BCUT2D eigenvalue weighted by atomic mass is 10.0. The molecule has 37 heavy (non-hydrogen) atoms. The first kappa shape index (κ1) is 25.8. The summed E-state index contributed by atoms with van der Waals surface area (Å²) < 4.78 is 27.7. The fourth-order valence-corrected chi connectivity index (χ4v) is 5.04. The average molecular weight is 524 g/mol. The van der Waals surface area contributed by atoms with Crippen molar-refractivity contribution in [3.05, 3.63) is 77.9 Å². The second-order valence-electron chi connectivity index (χ2n) is 8.49. The molecule has 6 N–H and O–H groups in total. The van der Waals surface area contributed by atoms with Crippen molar-refractivity contribution in [2.24, 2.45) is 10.9 Å². The molecule has 0 radical (unpaired) electrons. The maximum atomic E-state index is 12.8. The molecule has 0 aromatic heterocycles. The summed E-state index contributed by atoms with van der Waals surface area (Å²) in [5, 5.41) is 25.0. The zero-order valence-electron chi connectivity index (χ0n) is 19.5. The first-order chi connectivity index (χ1) is 17.6. The van der Waals surface area contributed by atoms with Gasteiger partial charge in [-0.3, -0.25) is 15.0 Å². The van der Waals surface area contributed by atoms with Gasteiger partial charge in [-0.05, 0) is 28.5 Å². The van der Waals surface area contributed by atoms with Gasteiger partial charge in [-0.1, -0.05) is 59.8 Å². The van der Waals surface area contributed by atoms with Crippen LogP contribution in [0.5, 0.6) is 0 Å². The Labute approximate surface area is 212 Å². The second-order valence-corrected chi connectivity index (χ2v) is 10.2. The molecule has 1 amide bonds. The van der Waals surface area contributed by atoms with Gasteiger partial charge in [-0.25, -0.2) is 8.42 Å². The fourth-order valence-electron chi connectivity index (χ4n) is 3.81. The van der Waals surface area contributed by atoms with Crippen LogP contribution >= 0.6 is 0 Å². The zero-order valence-corrected chi connectivity index (χ0v) is 20.4. The fraction of sp³-hybridized carbons (Fsp3) is 0.200. The van der Waals surface area contributed by atoms with Gasteiger partial charge in [0.25, 0.3) is 0 Å². The molecule has 1 unspecified atom stereocenters. The lowest BCUT2D eigenvalue weighted by Crippen LogP contribution is -2.48. The summed E-state index contributed by atoms with van der Waals surface area (Å²) in [6.07, 6.45) is -0.299. The number of hydrogen-bond donors (Lipinski definition) is 5. The third kappa shape index (κ3) is 6.29. The number of carbonyl (C=O) groups excluding carboxylic acids is 1. The average Bonchev–Trinajstić information content (AvgIpc) is 3.34. The van der Waals surface area contributed by atoms with E-state index in [1.807, 2.05) is 12.1 Å². The van der Waals surface area contributed by atoms with Crippen LogP contribution in [-0.4, -0.2) is 55.6 Å². The van der Waals surface area contributed by atoms with Gasteiger partial charge >= 0.3 is 5.97 Å². The molecule has 0 spiro atoms. The minimum Gasteiger partial charge on any atom is -0.480 e. The highest BCUT2D eigenvalue weighted by Gasteiger charge is 2.28. The number of sulfonamides is 1. The molecule has 1 aliphatic rings. The Bertz CT molecular complexity index is 1490. The molecule has 3 aromatic rings. The monoisotopic (exact) mass is 523 g/mol. The molecule has 12 heteroatoms. The molecule has 4 rings (SSSR count). The Morgan fingerprint density at radius 3 is 2.49 bits per heavy atom. The number of benzene rings is 3. The predicted octanol–water partition coefficient (Wildman–Crippen LogP) is 1.55. The highest BCUT2D eigenvalue weighted by molar-refractivity contribution is 7.89. The molecule has 0 fully saturated rings. The third-order valence-corrected chi connectivity index (χ3v) is 7.27. The van der Waals surface area contributed by atoms with Gasteiger partial charge < -0.3 is 21.0 Å². The van der Waals surface area contributed by atoms with E-state index in [2.05, 4.69) is 15.2 Å². The molecule has 192 valence electrons. The Hall–Kier alpha value is -4.29. The van der Waals surface area contributed by atoms with Gasteiger partial charge in [-0.15, -0.1) is 0 Å². The largest absolute Gasteiger partial charge is 0.480 e. The number of carboxylic acids is 1. The van der Waals surface area contributed by atoms with Gasteiger partial charge in [-0.2, -0.15) is 4.72 Å². The Kier molecular flexibility index (Phi) is 7.50. The van der Waals surface area contributed by atoms with E-state index in [4.69, 9.17) is 16.0 Å². The lowest BCUT2D eigenvalue weighted by molar-refractivity contribution is -0.138. The number of hydrogen-bond acceptors (Lipinski definition) is 7. The van der Waals surface area contributed by atoms with Crippen molar-refractivity contribution in [3.63, 3.8) is 0 Å². The molecule has 1 aliphatic heterocycles. The summed E-state index contributed by atoms with van der Waals surface area (Å²) in [7, 11) is -4.16. The van der Waals surface area contributed by atoms with Crippen LogP contribution < -0.4 is 15.8 Å². The van der Waals surface area contributed by atoms with Gasteiger partial charge in [0.15, 0.2) is 0 Å². The number of nitrogen functional groups attached to an aromatic ring is 1. The summed E-state index contributed by atoms with van der Waals surface area (Å²) in [5.41, 5.74) is 7.42. The van der Waals surface area contributed by atoms with Crippen molar-refractivity contribution < 1.29 is 28.0 Å². The van der Waals surface area contributed by atoms with E-state index < -0.39 is 40.6 Å². The Morgan fingerprint density at radius 1 is 1.11 bits per heavy atom. The molecule has 1 heterocycles. The van der Waals surface area contributed by atoms with E-state index in [0.717, 1.165) is 10.9 Å². The standard InChI is InChI=1S/C25H25N5O6S/c26-24(27)17-7-5-16(6-8-17)21-12-19(36-29-21)13-23(31)28-14-22(25(32)33)30-37(34,35)20-10-9-15-3-1-2-4-18(15)11-20/h1-11,19,22,30H,12-14H2,(H3,26,27)(H,28,31)(H,32,33)/t19?,22-/m0/s1. The number of oxime groups is 1. The van der Waals surface area contributed by atoms with Crippen LogP contribution in [0.2, 0.25) is 0 Å². The van der Waals surface area contributed by atoms with Crippen LogP contribution in [0.1, 0.15) is 24.0 Å². The molecule has 2 atom stereocenters. The predicted molar refractivity (Wildman–Crippen MR) is 137 cm³/mol. The molecular formula is C25H25N5O6S. The zero-order chi connectivity index (χ0) is 26.6. The van der Waals surface area contributed by atoms with Crippen LogP contribution in [0.25, 0.3) is 10.8 Å². The maximum absolute atomic E-state index is 12.8. The third-order valence-electron chi connectivity index (χ3n) is 5.81. The van der Waals surface area contributed by atoms with E-state index >= 15 is 0 Å². The Morgan fingerprint density at radius 2 is 1.81 bits per heavy atom. The van der Waals surface area contributed by atoms with Crippen molar-refractivity contribution >= 4 is 44.2 Å². The van der Waals surface area contributed by atoms with Crippen molar-refractivity contribution in [1.29, 1.82) is 5.41 Å². The molecule has 11 nitrogen and oxygen atoms in total. The molecular weight excluding hydrogens is 498 g/mol. The number of fused-ring (bicyclic) bond motifs is 1. The summed E-state index contributed by atoms with van der Waals surface area (Å²) in [6, 6.07) is 17.0. The summed E-state index contributed by atoms with van der Waals surface area (Å²) >= 11 is 0. The lowest BCUT2D eigenvalue weighted by Gasteiger charge is -2.16. The van der Waals surface area contributed by atoms with Crippen molar-refractivity contribution in [2.45, 2.75) is 29.9 Å². The number of rotatable bonds is 10. The smallest absolute Gasteiger partial charge is 0.323 e. The highest BCUT2D eigenvalue weighted by Crippen LogP contribution is 2.20. The van der Waals surface area contributed by atoms with Crippen molar-refractivity contribution in [2.75, 3.05) is 6.54 Å². The molecule has 0 bridgehead atoms. The van der Waals surface area contributed by atoms with Gasteiger partial charge in [0, 0.05) is 18.5 Å². The summed E-state index contributed by atoms with van der Waals surface area (Å²) in [4.78, 5) is 29.4. The van der Waals surface area contributed by atoms with Crippen molar-refractivity contribution in [1.82, 2.24) is 10.0 Å². The number of carboxylic acid groups (broad SMARTS) is 1. The van der Waals surface area contributed by atoms with Gasteiger partial charge in [0.05, 0.1) is 17.0 Å². The SMILES string of the molecule is N=C(N)c1ccc(C2=NOC(CC(=O)NC[C@H](NS(=O)(=O)c3ccc4ccccc4c3)C(=O)O)C2)cc1. The van der Waals surface area contributed by atoms with Crippen molar-refractivity contribution in [3.8, 4) is 0 Å². The first-order valence-corrected chi connectivity index (χ1v) is 12.8.